The van der Waals surface area contributed by atoms with Gasteiger partial charge in [-0.05, 0) is 49.5 Å². The van der Waals surface area contributed by atoms with E-state index in [-0.39, 0.29) is 17.8 Å². The lowest BCUT2D eigenvalue weighted by molar-refractivity contribution is -0.138. The fraction of sp³-hybridized carbons (Fsp3) is 1.00. The van der Waals surface area contributed by atoms with Crippen LogP contribution in [0.2, 0.25) is 0 Å². The van der Waals surface area contributed by atoms with E-state index in [0.717, 1.165) is 38.7 Å². The van der Waals surface area contributed by atoms with Gasteiger partial charge in [-0.1, -0.05) is 6.92 Å². The number of rotatable bonds is 4. The van der Waals surface area contributed by atoms with Crippen LogP contribution in [0.4, 0.5) is 0 Å². The van der Waals surface area contributed by atoms with Crippen LogP contribution in [-0.4, -0.2) is 48.1 Å². The quantitative estimate of drug-likeness (QED) is 0.855. The minimum atomic E-state index is -0.338. The third-order valence-corrected chi connectivity index (χ3v) is 5.49. The molecule has 2 fully saturated rings. The largest absolute Gasteiger partial charge is 0.390 e. The van der Waals surface area contributed by atoms with E-state index in [1.54, 1.807) is 7.11 Å². The van der Waals surface area contributed by atoms with Gasteiger partial charge in [0.1, 0.15) is 0 Å². The second kappa shape index (κ2) is 6.60. The summed E-state index contributed by atoms with van der Waals surface area (Å²) in [5, 5.41) is 10.5. The van der Waals surface area contributed by atoms with Crippen LogP contribution >= 0.6 is 11.8 Å². The van der Waals surface area contributed by atoms with Crippen molar-refractivity contribution in [3.8, 4) is 0 Å². The first-order chi connectivity index (χ1) is 8.71. The molecule has 106 valence electrons. The van der Waals surface area contributed by atoms with Crippen molar-refractivity contribution in [2.45, 2.75) is 56.8 Å². The highest BCUT2D eigenvalue weighted by atomic mass is 32.2. The van der Waals surface area contributed by atoms with Gasteiger partial charge in [0.15, 0.2) is 0 Å². The second-order valence-electron chi connectivity index (χ2n) is 5.57. The van der Waals surface area contributed by atoms with E-state index < -0.39 is 0 Å². The highest BCUT2D eigenvalue weighted by Gasteiger charge is 2.42. The van der Waals surface area contributed by atoms with Crippen molar-refractivity contribution in [3.63, 3.8) is 0 Å². The van der Waals surface area contributed by atoms with Crippen molar-refractivity contribution in [3.05, 3.63) is 0 Å². The molecule has 2 rings (SSSR count). The molecule has 18 heavy (non-hydrogen) atoms. The van der Waals surface area contributed by atoms with Gasteiger partial charge in [-0.3, -0.25) is 0 Å². The summed E-state index contributed by atoms with van der Waals surface area (Å²) in [5.41, 5.74) is 0.0567. The minimum Gasteiger partial charge on any atom is -0.390 e. The normalized spacial score (nSPS) is 31.2. The topological polar surface area (TPSA) is 38.7 Å². The Kier molecular flexibility index (Phi) is 5.36. The SMILES string of the molecule is CCC(OC)C(O)C1CCOC2(CCSCC2)C1. The Morgan fingerprint density at radius 3 is 2.78 bits per heavy atom. The predicted molar refractivity (Wildman–Crippen MR) is 75.1 cm³/mol. The lowest BCUT2D eigenvalue weighted by atomic mass is 9.78. The summed E-state index contributed by atoms with van der Waals surface area (Å²) in [5.74, 6) is 2.74. The van der Waals surface area contributed by atoms with Gasteiger partial charge in [0, 0.05) is 13.7 Å². The molecule has 0 aliphatic carbocycles. The second-order valence-corrected chi connectivity index (χ2v) is 6.79. The van der Waals surface area contributed by atoms with E-state index in [2.05, 4.69) is 6.92 Å². The number of aliphatic hydroxyl groups is 1. The van der Waals surface area contributed by atoms with Crippen LogP contribution in [0.1, 0.15) is 39.0 Å². The lowest BCUT2D eigenvalue weighted by Crippen LogP contribution is -2.47. The van der Waals surface area contributed by atoms with Crippen LogP contribution < -0.4 is 0 Å². The summed E-state index contributed by atoms with van der Waals surface area (Å²) >= 11 is 2.02. The van der Waals surface area contributed by atoms with Gasteiger partial charge in [0.05, 0.1) is 17.8 Å². The number of thioether (sulfide) groups is 1. The molecule has 0 bridgehead atoms. The van der Waals surface area contributed by atoms with Gasteiger partial charge in [0.2, 0.25) is 0 Å². The Bertz CT molecular complexity index is 244. The first-order valence-electron chi connectivity index (χ1n) is 7.13. The molecule has 0 aromatic rings. The molecule has 2 heterocycles. The van der Waals surface area contributed by atoms with Gasteiger partial charge in [-0.2, -0.15) is 11.8 Å². The fourth-order valence-electron chi connectivity index (χ4n) is 3.30. The lowest BCUT2D eigenvalue weighted by Gasteiger charge is -2.45. The van der Waals surface area contributed by atoms with Crippen molar-refractivity contribution in [2.75, 3.05) is 25.2 Å². The number of aliphatic hydroxyl groups excluding tert-OH is 1. The number of hydrogen-bond acceptors (Lipinski definition) is 4. The Morgan fingerprint density at radius 2 is 2.17 bits per heavy atom. The summed E-state index contributed by atoms with van der Waals surface area (Å²) in [6.07, 6.45) is 4.77. The maximum absolute atomic E-state index is 10.5. The molecule has 0 aromatic heterocycles. The van der Waals surface area contributed by atoms with Crippen LogP contribution in [0.25, 0.3) is 0 Å². The van der Waals surface area contributed by atoms with Crippen molar-refractivity contribution in [1.29, 1.82) is 0 Å². The first-order valence-corrected chi connectivity index (χ1v) is 8.29. The van der Waals surface area contributed by atoms with E-state index in [9.17, 15) is 5.11 Å². The monoisotopic (exact) mass is 274 g/mol. The highest BCUT2D eigenvalue weighted by molar-refractivity contribution is 7.99. The molecular formula is C14H26O3S. The molecule has 1 N–H and O–H groups in total. The third-order valence-electron chi connectivity index (χ3n) is 4.50. The van der Waals surface area contributed by atoms with Crippen LogP contribution in [0.3, 0.4) is 0 Å². The molecule has 3 atom stereocenters. The maximum Gasteiger partial charge on any atom is 0.0831 e. The molecule has 3 unspecified atom stereocenters. The first kappa shape index (κ1) is 14.6. The Balaban J connectivity index is 1.97. The average molecular weight is 274 g/mol. The molecule has 0 aromatic carbocycles. The molecule has 2 aliphatic heterocycles. The van der Waals surface area contributed by atoms with E-state index in [1.807, 2.05) is 11.8 Å². The minimum absolute atomic E-state index is 0.0249. The highest BCUT2D eigenvalue weighted by Crippen LogP contribution is 2.41. The van der Waals surface area contributed by atoms with E-state index in [0.29, 0.717) is 5.92 Å². The standard InChI is InChI=1S/C14H26O3S/c1-3-12(16-2)13(15)11-4-7-17-14(10-11)5-8-18-9-6-14/h11-13,15H,3-10H2,1-2H3. The molecule has 2 aliphatic rings. The molecular weight excluding hydrogens is 248 g/mol. The maximum atomic E-state index is 10.5. The molecule has 0 saturated carbocycles. The van der Waals surface area contributed by atoms with Gasteiger partial charge in [0.25, 0.3) is 0 Å². The Labute approximate surface area is 115 Å². The smallest absolute Gasteiger partial charge is 0.0831 e. The molecule has 1 spiro atoms. The number of methoxy groups -OCH3 is 1. The number of hydrogen-bond donors (Lipinski definition) is 1. The third kappa shape index (κ3) is 3.21. The zero-order chi connectivity index (χ0) is 13.0. The fourth-order valence-corrected chi connectivity index (χ4v) is 4.54. The van der Waals surface area contributed by atoms with Gasteiger partial charge in [-0.15, -0.1) is 0 Å². The van der Waals surface area contributed by atoms with E-state index >= 15 is 0 Å². The summed E-state index contributed by atoms with van der Waals surface area (Å²) < 4.78 is 11.5. The Hall–Kier alpha value is 0.230. The summed E-state index contributed by atoms with van der Waals surface area (Å²) in [7, 11) is 1.70. The summed E-state index contributed by atoms with van der Waals surface area (Å²) in [6, 6.07) is 0. The Morgan fingerprint density at radius 1 is 1.44 bits per heavy atom. The summed E-state index contributed by atoms with van der Waals surface area (Å²) in [6.45, 7) is 2.87. The van der Waals surface area contributed by atoms with Crippen LogP contribution in [0, 0.1) is 5.92 Å². The molecule has 4 heteroatoms. The van der Waals surface area contributed by atoms with Crippen molar-refractivity contribution < 1.29 is 14.6 Å². The van der Waals surface area contributed by atoms with Crippen molar-refractivity contribution in [1.82, 2.24) is 0 Å². The predicted octanol–water partition coefficient (Wildman–Crippen LogP) is 2.46. The van der Waals surface area contributed by atoms with Crippen LogP contribution in [0.5, 0.6) is 0 Å². The molecule has 3 nitrogen and oxygen atoms in total. The molecule has 2 saturated heterocycles. The molecule has 0 radical (unpaired) electrons. The average Bonchev–Trinajstić information content (AvgIpc) is 2.41. The zero-order valence-electron chi connectivity index (χ0n) is 11.6. The van der Waals surface area contributed by atoms with Crippen LogP contribution in [0.15, 0.2) is 0 Å². The van der Waals surface area contributed by atoms with Gasteiger partial charge >= 0.3 is 0 Å². The van der Waals surface area contributed by atoms with Crippen LogP contribution in [-0.2, 0) is 9.47 Å². The van der Waals surface area contributed by atoms with E-state index in [1.165, 1.54) is 11.5 Å². The summed E-state index contributed by atoms with van der Waals surface area (Å²) in [4.78, 5) is 0. The van der Waals surface area contributed by atoms with Crippen molar-refractivity contribution >= 4 is 11.8 Å². The molecule has 0 amide bonds. The number of ether oxygens (including phenoxy) is 2. The van der Waals surface area contributed by atoms with Crippen molar-refractivity contribution in [2.24, 2.45) is 5.92 Å². The van der Waals surface area contributed by atoms with E-state index in [4.69, 9.17) is 9.47 Å². The van der Waals surface area contributed by atoms with Gasteiger partial charge < -0.3 is 14.6 Å². The zero-order valence-corrected chi connectivity index (χ0v) is 12.4. The van der Waals surface area contributed by atoms with Gasteiger partial charge in [-0.25, -0.2) is 0 Å².